The number of aromatic amines is 1. The zero-order valence-electron chi connectivity index (χ0n) is 9.96. The second kappa shape index (κ2) is 5.45. The molecule has 2 rings (SSSR count). The van der Waals surface area contributed by atoms with E-state index < -0.39 is 29.1 Å². The number of benzene rings is 1. The van der Waals surface area contributed by atoms with Crippen LogP contribution >= 0.6 is 23.2 Å². The van der Waals surface area contributed by atoms with E-state index in [1.165, 1.54) is 18.2 Å². The highest BCUT2D eigenvalue weighted by Gasteiger charge is 2.38. The van der Waals surface area contributed by atoms with Crippen LogP contribution in [0.3, 0.4) is 0 Å². The third-order valence-corrected chi connectivity index (χ3v) is 3.01. The summed E-state index contributed by atoms with van der Waals surface area (Å²) in [6.07, 6.45) is -4.91. The molecule has 0 aliphatic carbocycles. The van der Waals surface area contributed by atoms with Crippen LogP contribution in [0.4, 0.5) is 19.1 Å². The van der Waals surface area contributed by atoms with Crippen LogP contribution in [-0.4, -0.2) is 9.97 Å². The van der Waals surface area contributed by atoms with Crippen molar-refractivity contribution in [2.75, 3.05) is 5.73 Å². The van der Waals surface area contributed by atoms with E-state index in [-0.39, 0.29) is 15.8 Å². The normalized spacial score (nSPS) is 11.5. The van der Waals surface area contributed by atoms with Gasteiger partial charge in [0, 0.05) is 6.07 Å². The molecule has 1 heterocycles. The molecule has 112 valence electrons. The lowest BCUT2D eigenvalue weighted by atomic mass is 10.3. The molecule has 0 bridgehead atoms. The highest BCUT2D eigenvalue weighted by Crippen LogP contribution is 2.35. The summed E-state index contributed by atoms with van der Waals surface area (Å²) >= 11 is 11.4. The van der Waals surface area contributed by atoms with Gasteiger partial charge in [-0.2, -0.15) is 13.2 Å². The van der Waals surface area contributed by atoms with Gasteiger partial charge < -0.3 is 10.5 Å². The predicted octanol–water partition coefficient (Wildman–Crippen LogP) is 3.47. The summed E-state index contributed by atoms with van der Waals surface area (Å²) in [6, 6.07) is 3.73. The van der Waals surface area contributed by atoms with Crippen LogP contribution in [-0.2, 0) is 6.18 Å². The van der Waals surface area contributed by atoms with Gasteiger partial charge in [0.05, 0.1) is 10.0 Å². The summed E-state index contributed by atoms with van der Waals surface area (Å²) < 4.78 is 43.5. The topological polar surface area (TPSA) is 81.0 Å². The van der Waals surface area contributed by atoms with E-state index >= 15 is 0 Å². The number of nitrogen functional groups attached to an aromatic ring is 1. The third kappa shape index (κ3) is 3.40. The molecule has 10 heteroatoms. The summed E-state index contributed by atoms with van der Waals surface area (Å²) in [5.74, 6) is -1.81. The number of alkyl halides is 3. The highest BCUT2D eigenvalue weighted by molar-refractivity contribution is 6.42. The number of anilines is 1. The fourth-order valence-corrected chi connectivity index (χ4v) is 1.71. The van der Waals surface area contributed by atoms with Gasteiger partial charge in [0.25, 0.3) is 5.56 Å². The lowest BCUT2D eigenvalue weighted by molar-refractivity contribution is -0.142. The number of aromatic nitrogens is 2. The van der Waals surface area contributed by atoms with Crippen LogP contribution in [0, 0.1) is 0 Å². The van der Waals surface area contributed by atoms with Gasteiger partial charge in [-0.1, -0.05) is 23.2 Å². The number of nitrogens with one attached hydrogen (secondary N) is 1. The van der Waals surface area contributed by atoms with Crippen molar-refractivity contribution in [1.82, 2.24) is 9.97 Å². The number of halogens is 5. The van der Waals surface area contributed by atoms with Crippen molar-refractivity contribution in [1.29, 1.82) is 0 Å². The zero-order chi connectivity index (χ0) is 15.8. The molecular formula is C11H6Cl2F3N3O2. The van der Waals surface area contributed by atoms with Crippen LogP contribution in [0.1, 0.15) is 5.69 Å². The smallest absolute Gasteiger partial charge is 0.437 e. The van der Waals surface area contributed by atoms with E-state index in [2.05, 4.69) is 4.98 Å². The zero-order valence-corrected chi connectivity index (χ0v) is 11.5. The first-order chi connectivity index (χ1) is 9.68. The Balaban J connectivity index is 2.53. The fourth-order valence-electron chi connectivity index (χ4n) is 1.42. The number of nitrogens with two attached hydrogens (primary N) is 1. The predicted molar refractivity (Wildman–Crippen MR) is 70.8 cm³/mol. The SMILES string of the molecule is Nc1nc(C(F)(F)F)c(Oc2ccc(Cl)c(Cl)c2)c(=O)[nH]1. The Morgan fingerprint density at radius 1 is 1.24 bits per heavy atom. The lowest BCUT2D eigenvalue weighted by Crippen LogP contribution is -2.21. The number of hydrogen-bond donors (Lipinski definition) is 2. The first kappa shape index (κ1) is 15.5. The maximum atomic E-state index is 12.9. The molecular weight excluding hydrogens is 334 g/mol. The minimum absolute atomic E-state index is 0.0579. The Bertz CT molecular complexity index is 746. The Hall–Kier alpha value is -1.93. The number of rotatable bonds is 2. The molecule has 5 nitrogen and oxygen atoms in total. The summed E-state index contributed by atoms with van der Waals surface area (Å²) in [5, 5.41) is 0.243. The molecule has 0 spiro atoms. The monoisotopic (exact) mass is 339 g/mol. The second-order valence-electron chi connectivity index (χ2n) is 3.80. The molecule has 0 saturated heterocycles. The maximum absolute atomic E-state index is 12.9. The molecule has 2 aromatic rings. The third-order valence-electron chi connectivity index (χ3n) is 2.27. The molecule has 21 heavy (non-hydrogen) atoms. The van der Waals surface area contributed by atoms with Crippen LogP contribution < -0.4 is 16.0 Å². The molecule has 0 saturated carbocycles. The molecule has 0 unspecified atom stereocenters. The summed E-state index contributed by atoms with van der Waals surface area (Å²) in [5.41, 5.74) is 2.40. The van der Waals surface area contributed by atoms with E-state index in [1.54, 1.807) is 0 Å². The number of hydrogen-bond acceptors (Lipinski definition) is 4. The van der Waals surface area contributed by atoms with Gasteiger partial charge in [-0.3, -0.25) is 9.78 Å². The minimum atomic E-state index is -4.91. The van der Waals surface area contributed by atoms with Crippen LogP contribution in [0.2, 0.25) is 10.0 Å². The molecule has 3 N–H and O–H groups in total. The van der Waals surface area contributed by atoms with Crippen molar-refractivity contribution in [3.63, 3.8) is 0 Å². The molecule has 1 aromatic carbocycles. The van der Waals surface area contributed by atoms with Crippen molar-refractivity contribution in [2.45, 2.75) is 6.18 Å². The standard InChI is InChI=1S/C11H6Cl2F3N3O2/c12-5-2-1-4(3-6(5)13)21-7-8(11(14,15)16)18-10(17)19-9(7)20/h1-3H,(H3,17,18,19,20). The average Bonchev–Trinajstić information content (AvgIpc) is 2.35. The first-order valence-corrected chi connectivity index (χ1v) is 6.04. The molecule has 0 amide bonds. The Morgan fingerprint density at radius 3 is 2.48 bits per heavy atom. The lowest BCUT2D eigenvalue weighted by Gasteiger charge is -2.12. The van der Waals surface area contributed by atoms with Crippen LogP contribution in [0.5, 0.6) is 11.5 Å². The average molecular weight is 340 g/mol. The van der Waals surface area contributed by atoms with Crippen molar-refractivity contribution in [2.24, 2.45) is 0 Å². The van der Waals surface area contributed by atoms with Crippen LogP contribution in [0.25, 0.3) is 0 Å². The van der Waals surface area contributed by atoms with Gasteiger partial charge in [-0.05, 0) is 12.1 Å². The first-order valence-electron chi connectivity index (χ1n) is 5.28. The van der Waals surface area contributed by atoms with Crippen LogP contribution in [0.15, 0.2) is 23.0 Å². The summed E-state index contributed by atoms with van der Waals surface area (Å²) in [6.45, 7) is 0. The number of ether oxygens (including phenoxy) is 1. The molecule has 1 aromatic heterocycles. The van der Waals surface area contributed by atoms with E-state index in [4.69, 9.17) is 33.7 Å². The van der Waals surface area contributed by atoms with Crippen molar-refractivity contribution in [3.8, 4) is 11.5 Å². The van der Waals surface area contributed by atoms with Gasteiger partial charge in [0.2, 0.25) is 11.7 Å². The van der Waals surface area contributed by atoms with E-state index in [0.29, 0.717) is 0 Å². The molecule has 0 radical (unpaired) electrons. The quantitative estimate of drug-likeness (QED) is 0.877. The van der Waals surface area contributed by atoms with E-state index in [9.17, 15) is 18.0 Å². The van der Waals surface area contributed by atoms with E-state index in [0.717, 1.165) is 0 Å². The maximum Gasteiger partial charge on any atom is 0.437 e. The molecule has 0 aliphatic heterocycles. The Kier molecular flexibility index (Phi) is 4.02. The fraction of sp³-hybridized carbons (Fsp3) is 0.0909. The van der Waals surface area contributed by atoms with Gasteiger partial charge in [0.1, 0.15) is 5.75 Å². The summed E-state index contributed by atoms with van der Waals surface area (Å²) in [7, 11) is 0. The van der Waals surface area contributed by atoms with Gasteiger partial charge in [0.15, 0.2) is 5.69 Å². The number of H-pyrrole nitrogens is 1. The number of nitrogens with zero attached hydrogens (tertiary/aromatic N) is 1. The largest absolute Gasteiger partial charge is 0.449 e. The molecule has 0 aliphatic rings. The van der Waals surface area contributed by atoms with Crippen molar-refractivity contribution >= 4 is 29.2 Å². The minimum Gasteiger partial charge on any atom is -0.449 e. The van der Waals surface area contributed by atoms with E-state index in [1.807, 2.05) is 4.98 Å². The van der Waals surface area contributed by atoms with Gasteiger partial charge >= 0.3 is 6.18 Å². The highest BCUT2D eigenvalue weighted by atomic mass is 35.5. The molecule has 0 atom stereocenters. The second-order valence-corrected chi connectivity index (χ2v) is 4.62. The van der Waals surface area contributed by atoms with Gasteiger partial charge in [-0.25, -0.2) is 4.98 Å². The van der Waals surface area contributed by atoms with Gasteiger partial charge in [-0.15, -0.1) is 0 Å². The van der Waals surface area contributed by atoms with Crippen molar-refractivity contribution < 1.29 is 17.9 Å². The van der Waals surface area contributed by atoms with Crippen molar-refractivity contribution in [3.05, 3.63) is 44.3 Å². The Labute approximate surface area is 125 Å². The molecule has 0 fully saturated rings. The summed E-state index contributed by atoms with van der Waals surface area (Å²) in [4.78, 5) is 16.6. The Morgan fingerprint density at radius 2 is 1.90 bits per heavy atom.